The van der Waals surface area contributed by atoms with Crippen molar-refractivity contribution in [3.05, 3.63) is 29.8 Å². The fraction of sp³-hybridized carbons (Fsp3) is 0.462. The summed E-state index contributed by atoms with van der Waals surface area (Å²) < 4.78 is 25.9. The highest BCUT2D eigenvalue weighted by molar-refractivity contribution is 5.93. The van der Waals surface area contributed by atoms with Crippen molar-refractivity contribution in [2.75, 3.05) is 18.5 Å². The SMILES string of the molecule is CN(C(=O)CC1CCCN1)c1ccc(F)c(F)c1. The maximum atomic E-state index is 13.1. The lowest BCUT2D eigenvalue weighted by Crippen LogP contribution is -2.33. The van der Waals surface area contributed by atoms with Crippen LogP contribution in [-0.4, -0.2) is 25.5 Å². The molecule has 1 fully saturated rings. The van der Waals surface area contributed by atoms with E-state index in [-0.39, 0.29) is 11.9 Å². The van der Waals surface area contributed by atoms with Gasteiger partial charge in [0.15, 0.2) is 11.6 Å². The Morgan fingerprint density at radius 2 is 2.22 bits per heavy atom. The number of nitrogens with one attached hydrogen (secondary N) is 1. The smallest absolute Gasteiger partial charge is 0.228 e. The fourth-order valence-electron chi connectivity index (χ4n) is 2.12. The third-order valence-corrected chi connectivity index (χ3v) is 3.25. The molecule has 0 aromatic heterocycles. The Labute approximate surface area is 105 Å². The van der Waals surface area contributed by atoms with Gasteiger partial charge in [-0.2, -0.15) is 0 Å². The van der Waals surface area contributed by atoms with Crippen molar-refractivity contribution < 1.29 is 13.6 Å². The van der Waals surface area contributed by atoms with Crippen LogP contribution in [0.2, 0.25) is 0 Å². The Morgan fingerprint density at radius 1 is 1.44 bits per heavy atom. The largest absolute Gasteiger partial charge is 0.315 e. The molecule has 1 aromatic carbocycles. The topological polar surface area (TPSA) is 32.3 Å². The number of nitrogens with zero attached hydrogens (tertiary/aromatic N) is 1. The van der Waals surface area contributed by atoms with Crippen LogP contribution in [0.1, 0.15) is 19.3 Å². The molecule has 1 unspecified atom stereocenters. The number of rotatable bonds is 3. The van der Waals surface area contributed by atoms with Crippen LogP contribution in [0.15, 0.2) is 18.2 Å². The molecule has 3 nitrogen and oxygen atoms in total. The molecule has 1 aliphatic rings. The van der Waals surface area contributed by atoms with Gasteiger partial charge in [0.2, 0.25) is 5.91 Å². The molecule has 0 aliphatic carbocycles. The number of carbonyl (C=O) groups is 1. The van der Waals surface area contributed by atoms with E-state index >= 15 is 0 Å². The molecule has 18 heavy (non-hydrogen) atoms. The van der Waals surface area contributed by atoms with Gasteiger partial charge in [-0.3, -0.25) is 4.79 Å². The zero-order valence-corrected chi connectivity index (χ0v) is 10.2. The van der Waals surface area contributed by atoms with Crippen molar-refractivity contribution in [2.24, 2.45) is 0 Å². The molecular weight excluding hydrogens is 238 g/mol. The monoisotopic (exact) mass is 254 g/mol. The van der Waals surface area contributed by atoms with Gasteiger partial charge in [-0.15, -0.1) is 0 Å². The predicted molar refractivity (Wildman–Crippen MR) is 65.4 cm³/mol. The van der Waals surface area contributed by atoms with Crippen LogP contribution in [0.4, 0.5) is 14.5 Å². The van der Waals surface area contributed by atoms with Crippen LogP contribution in [0.5, 0.6) is 0 Å². The van der Waals surface area contributed by atoms with Crippen molar-refractivity contribution in [2.45, 2.75) is 25.3 Å². The molecule has 1 saturated heterocycles. The summed E-state index contributed by atoms with van der Waals surface area (Å²) >= 11 is 0. The number of amides is 1. The Kier molecular flexibility index (Phi) is 3.91. The van der Waals surface area contributed by atoms with Gasteiger partial charge in [-0.1, -0.05) is 0 Å². The van der Waals surface area contributed by atoms with E-state index in [1.54, 1.807) is 7.05 Å². The minimum atomic E-state index is -0.939. The second-order valence-electron chi connectivity index (χ2n) is 4.55. The van der Waals surface area contributed by atoms with Crippen molar-refractivity contribution in [1.29, 1.82) is 0 Å². The number of carbonyl (C=O) groups excluding carboxylic acids is 1. The molecule has 5 heteroatoms. The first-order chi connectivity index (χ1) is 8.58. The first-order valence-electron chi connectivity index (χ1n) is 6.03. The van der Waals surface area contributed by atoms with Crippen LogP contribution in [-0.2, 0) is 4.79 Å². The number of hydrogen-bond acceptors (Lipinski definition) is 2. The van der Waals surface area contributed by atoms with Crippen LogP contribution in [0, 0.1) is 11.6 Å². The molecule has 0 spiro atoms. The minimum Gasteiger partial charge on any atom is -0.315 e. The Bertz CT molecular complexity index is 445. The number of hydrogen-bond donors (Lipinski definition) is 1. The summed E-state index contributed by atoms with van der Waals surface area (Å²) in [4.78, 5) is 13.3. The summed E-state index contributed by atoms with van der Waals surface area (Å²) in [6.45, 7) is 0.937. The quantitative estimate of drug-likeness (QED) is 0.895. The highest BCUT2D eigenvalue weighted by atomic mass is 19.2. The zero-order valence-electron chi connectivity index (χ0n) is 10.2. The maximum absolute atomic E-state index is 13.1. The van der Waals surface area contributed by atoms with E-state index < -0.39 is 11.6 Å². The van der Waals surface area contributed by atoms with Gasteiger partial charge in [0, 0.05) is 31.3 Å². The second-order valence-corrected chi connectivity index (χ2v) is 4.55. The van der Waals surface area contributed by atoms with E-state index in [1.807, 2.05) is 0 Å². The van der Waals surface area contributed by atoms with Gasteiger partial charge < -0.3 is 10.2 Å². The Hall–Kier alpha value is -1.49. The third-order valence-electron chi connectivity index (χ3n) is 3.25. The van der Waals surface area contributed by atoms with E-state index in [1.165, 1.54) is 11.0 Å². The van der Waals surface area contributed by atoms with Gasteiger partial charge in [-0.25, -0.2) is 8.78 Å². The molecule has 0 radical (unpaired) electrons. The van der Waals surface area contributed by atoms with Crippen LogP contribution < -0.4 is 10.2 Å². The molecule has 1 amide bonds. The summed E-state index contributed by atoms with van der Waals surface area (Å²) in [7, 11) is 1.57. The molecule has 0 bridgehead atoms. The molecule has 1 atom stereocenters. The average molecular weight is 254 g/mol. The standard InChI is InChI=1S/C13H16F2N2O/c1-17(10-4-5-11(14)12(15)8-10)13(18)7-9-3-2-6-16-9/h4-5,8-9,16H,2-3,6-7H2,1H3. The van der Waals surface area contributed by atoms with Crippen LogP contribution >= 0.6 is 0 Å². The highest BCUT2D eigenvalue weighted by Crippen LogP contribution is 2.19. The Morgan fingerprint density at radius 3 is 2.83 bits per heavy atom. The van der Waals surface area contributed by atoms with Gasteiger partial charge >= 0.3 is 0 Å². The second kappa shape index (κ2) is 5.44. The number of anilines is 1. The summed E-state index contributed by atoms with van der Waals surface area (Å²) in [6.07, 6.45) is 2.44. The van der Waals surface area contributed by atoms with E-state index in [0.29, 0.717) is 12.1 Å². The van der Waals surface area contributed by atoms with Crippen LogP contribution in [0.25, 0.3) is 0 Å². The number of benzene rings is 1. The third kappa shape index (κ3) is 2.85. The fourth-order valence-corrected chi connectivity index (χ4v) is 2.12. The van der Waals surface area contributed by atoms with Gasteiger partial charge in [0.1, 0.15) is 0 Å². The molecule has 98 valence electrons. The first kappa shape index (κ1) is 13.0. The molecule has 1 N–H and O–H groups in total. The molecule has 2 rings (SSSR count). The van der Waals surface area contributed by atoms with E-state index in [4.69, 9.17) is 0 Å². The van der Waals surface area contributed by atoms with Gasteiger partial charge in [0.25, 0.3) is 0 Å². The summed E-state index contributed by atoms with van der Waals surface area (Å²) in [5, 5.41) is 3.23. The zero-order chi connectivity index (χ0) is 13.1. The van der Waals surface area contributed by atoms with Crippen LogP contribution in [0.3, 0.4) is 0 Å². The van der Waals surface area contributed by atoms with Crippen molar-refractivity contribution in [1.82, 2.24) is 5.32 Å². The molecular formula is C13H16F2N2O. The molecule has 1 heterocycles. The molecule has 1 aliphatic heterocycles. The summed E-state index contributed by atoms with van der Waals surface area (Å²) in [6, 6.07) is 3.67. The van der Waals surface area contributed by atoms with Crippen molar-refractivity contribution >= 4 is 11.6 Å². The molecule has 0 saturated carbocycles. The number of halogens is 2. The van der Waals surface area contributed by atoms with Gasteiger partial charge in [0.05, 0.1) is 0 Å². The lowest BCUT2D eigenvalue weighted by molar-refractivity contribution is -0.118. The van der Waals surface area contributed by atoms with E-state index in [0.717, 1.165) is 31.5 Å². The van der Waals surface area contributed by atoms with E-state index in [2.05, 4.69) is 5.32 Å². The summed E-state index contributed by atoms with van der Waals surface area (Å²) in [5.74, 6) is -1.94. The van der Waals surface area contributed by atoms with Crippen molar-refractivity contribution in [3.63, 3.8) is 0 Å². The normalized spacial score (nSPS) is 18.9. The minimum absolute atomic E-state index is 0.0968. The highest BCUT2D eigenvalue weighted by Gasteiger charge is 2.21. The Balaban J connectivity index is 2.02. The lowest BCUT2D eigenvalue weighted by atomic mass is 10.1. The average Bonchev–Trinajstić information content (AvgIpc) is 2.84. The van der Waals surface area contributed by atoms with Crippen molar-refractivity contribution in [3.8, 4) is 0 Å². The predicted octanol–water partition coefficient (Wildman–Crippen LogP) is 2.07. The first-order valence-corrected chi connectivity index (χ1v) is 6.03. The summed E-state index contributed by atoms with van der Waals surface area (Å²) in [5.41, 5.74) is 0.372. The van der Waals surface area contributed by atoms with E-state index in [9.17, 15) is 13.6 Å². The maximum Gasteiger partial charge on any atom is 0.228 e. The lowest BCUT2D eigenvalue weighted by Gasteiger charge is -2.19. The van der Waals surface area contributed by atoms with Gasteiger partial charge in [-0.05, 0) is 31.5 Å². The molecule has 1 aromatic rings.